The van der Waals surface area contributed by atoms with Crippen LogP contribution in [0, 0.1) is 13.8 Å². The van der Waals surface area contributed by atoms with Crippen molar-refractivity contribution in [1.29, 1.82) is 0 Å². The van der Waals surface area contributed by atoms with Crippen molar-refractivity contribution >= 4 is 5.97 Å². The van der Waals surface area contributed by atoms with Gasteiger partial charge in [-0.25, -0.2) is 4.79 Å². The van der Waals surface area contributed by atoms with Gasteiger partial charge in [0.25, 0.3) is 0 Å². The standard InChI is InChI=1S/C12H12N2O2/c1-7-3-5-9(6-4-7)10-8(2)13-14-11(10)12(15)16/h3-6H,1-2H3,(H,13,14)(H,15,16). The number of nitrogens with zero attached hydrogens (tertiary/aromatic N) is 1. The third kappa shape index (κ3) is 1.69. The topological polar surface area (TPSA) is 66.0 Å². The normalized spacial score (nSPS) is 10.4. The van der Waals surface area contributed by atoms with Crippen LogP contribution in [-0.2, 0) is 0 Å². The zero-order valence-electron chi connectivity index (χ0n) is 9.11. The Morgan fingerprint density at radius 1 is 1.25 bits per heavy atom. The minimum Gasteiger partial charge on any atom is -0.476 e. The van der Waals surface area contributed by atoms with Crippen LogP contribution in [0.15, 0.2) is 24.3 Å². The van der Waals surface area contributed by atoms with Gasteiger partial charge in [0.15, 0.2) is 5.69 Å². The summed E-state index contributed by atoms with van der Waals surface area (Å²) < 4.78 is 0. The van der Waals surface area contributed by atoms with Gasteiger partial charge in [-0.3, -0.25) is 5.10 Å². The van der Waals surface area contributed by atoms with Crippen LogP contribution in [0.1, 0.15) is 21.7 Å². The lowest BCUT2D eigenvalue weighted by atomic mass is 10.0. The van der Waals surface area contributed by atoms with Crippen molar-refractivity contribution in [1.82, 2.24) is 10.2 Å². The zero-order chi connectivity index (χ0) is 11.7. The molecule has 2 rings (SSSR count). The lowest BCUT2D eigenvalue weighted by molar-refractivity contribution is 0.0691. The number of nitrogens with one attached hydrogen (secondary N) is 1. The summed E-state index contributed by atoms with van der Waals surface area (Å²) >= 11 is 0. The molecule has 0 aliphatic rings. The summed E-state index contributed by atoms with van der Waals surface area (Å²) in [5.41, 5.74) is 3.51. The van der Waals surface area contributed by atoms with Crippen molar-refractivity contribution in [3.05, 3.63) is 41.2 Å². The van der Waals surface area contributed by atoms with Crippen molar-refractivity contribution in [3.63, 3.8) is 0 Å². The van der Waals surface area contributed by atoms with E-state index in [1.54, 1.807) is 0 Å². The van der Waals surface area contributed by atoms with Crippen LogP contribution in [0.2, 0.25) is 0 Å². The number of hydrogen-bond acceptors (Lipinski definition) is 2. The number of rotatable bonds is 2. The number of aryl methyl sites for hydroxylation is 2. The smallest absolute Gasteiger partial charge is 0.357 e. The fourth-order valence-corrected chi connectivity index (χ4v) is 1.66. The molecular weight excluding hydrogens is 204 g/mol. The van der Waals surface area contributed by atoms with E-state index in [1.165, 1.54) is 0 Å². The average molecular weight is 216 g/mol. The van der Waals surface area contributed by atoms with Crippen molar-refractivity contribution in [2.24, 2.45) is 0 Å². The molecule has 16 heavy (non-hydrogen) atoms. The Balaban J connectivity index is 2.58. The third-order valence-electron chi connectivity index (χ3n) is 2.49. The first kappa shape index (κ1) is 10.4. The second-order valence-corrected chi connectivity index (χ2v) is 3.74. The monoisotopic (exact) mass is 216 g/mol. The number of carboxylic acid groups (broad SMARTS) is 1. The molecule has 2 N–H and O–H groups in total. The van der Waals surface area contributed by atoms with E-state index >= 15 is 0 Å². The first-order chi connectivity index (χ1) is 7.59. The largest absolute Gasteiger partial charge is 0.476 e. The number of carboxylic acids is 1. The van der Waals surface area contributed by atoms with E-state index in [-0.39, 0.29) is 5.69 Å². The molecule has 0 atom stereocenters. The third-order valence-corrected chi connectivity index (χ3v) is 2.49. The Kier molecular flexibility index (Phi) is 2.48. The van der Waals surface area contributed by atoms with Crippen LogP contribution in [-0.4, -0.2) is 21.3 Å². The first-order valence-electron chi connectivity index (χ1n) is 4.95. The fraction of sp³-hybridized carbons (Fsp3) is 0.167. The Morgan fingerprint density at radius 3 is 2.44 bits per heavy atom. The first-order valence-corrected chi connectivity index (χ1v) is 4.95. The maximum absolute atomic E-state index is 11.0. The highest BCUT2D eigenvalue weighted by atomic mass is 16.4. The van der Waals surface area contributed by atoms with Crippen molar-refractivity contribution in [2.75, 3.05) is 0 Å². The molecule has 0 aliphatic heterocycles. The van der Waals surface area contributed by atoms with Gasteiger partial charge in [-0.05, 0) is 19.4 Å². The Hall–Kier alpha value is -2.10. The lowest BCUT2D eigenvalue weighted by Gasteiger charge is -2.01. The van der Waals surface area contributed by atoms with Crippen molar-refractivity contribution in [3.8, 4) is 11.1 Å². The summed E-state index contributed by atoms with van der Waals surface area (Å²) in [5.74, 6) is -1.01. The predicted octanol–water partition coefficient (Wildman–Crippen LogP) is 2.39. The maximum Gasteiger partial charge on any atom is 0.357 e. The highest BCUT2D eigenvalue weighted by Crippen LogP contribution is 2.25. The summed E-state index contributed by atoms with van der Waals surface area (Å²) in [6.07, 6.45) is 0. The summed E-state index contributed by atoms with van der Waals surface area (Å²) in [5, 5.41) is 15.5. The number of aromatic carboxylic acids is 1. The number of hydrogen-bond donors (Lipinski definition) is 2. The Bertz CT molecular complexity index is 526. The molecule has 0 radical (unpaired) electrons. The van der Waals surface area contributed by atoms with Crippen LogP contribution >= 0.6 is 0 Å². The molecule has 0 spiro atoms. The molecule has 0 fully saturated rings. The lowest BCUT2D eigenvalue weighted by Crippen LogP contribution is -1.99. The van der Waals surface area contributed by atoms with Gasteiger partial charge in [0.1, 0.15) is 0 Å². The van der Waals surface area contributed by atoms with Crippen LogP contribution in [0.4, 0.5) is 0 Å². The Labute approximate surface area is 92.9 Å². The van der Waals surface area contributed by atoms with Crippen LogP contribution in [0.3, 0.4) is 0 Å². The van der Waals surface area contributed by atoms with E-state index in [4.69, 9.17) is 5.11 Å². The van der Waals surface area contributed by atoms with E-state index in [9.17, 15) is 4.79 Å². The number of aromatic amines is 1. The maximum atomic E-state index is 11.0. The Morgan fingerprint density at radius 2 is 1.88 bits per heavy atom. The molecule has 4 nitrogen and oxygen atoms in total. The molecule has 82 valence electrons. The number of H-pyrrole nitrogens is 1. The van der Waals surface area contributed by atoms with Gasteiger partial charge in [-0.1, -0.05) is 29.8 Å². The number of aromatic nitrogens is 2. The zero-order valence-corrected chi connectivity index (χ0v) is 9.11. The predicted molar refractivity (Wildman–Crippen MR) is 60.5 cm³/mol. The second-order valence-electron chi connectivity index (χ2n) is 3.74. The molecule has 1 heterocycles. The molecular formula is C12H12N2O2. The van der Waals surface area contributed by atoms with Crippen molar-refractivity contribution in [2.45, 2.75) is 13.8 Å². The van der Waals surface area contributed by atoms with Gasteiger partial charge >= 0.3 is 5.97 Å². The van der Waals surface area contributed by atoms with Gasteiger partial charge in [0.05, 0.1) is 0 Å². The van der Waals surface area contributed by atoms with Gasteiger partial charge in [0, 0.05) is 11.3 Å². The molecule has 4 heteroatoms. The highest BCUT2D eigenvalue weighted by molar-refractivity contribution is 5.94. The van der Waals surface area contributed by atoms with Crippen LogP contribution in [0.25, 0.3) is 11.1 Å². The molecule has 0 saturated heterocycles. The van der Waals surface area contributed by atoms with E-state index < -0.39 is 5.97 Å². The summed E-state index contributed by atoms with van der Waals surface area (Å²) in [6.45, 7) is 3.80. The van der Waals surface area contributed by atoms with Gasteiger partial charge in [-0.2, -0.15) is 5.10 Å². The van der Waals surface area contributed by atoms with E-state index in [2.05, 4.69) is 10.2 Å². The van der Waals surface area contributed by atoms with Crippen LogP contribution in [0.5, 0.6) is 0 Å². The van der Waals surface area contributed by atoms with Gasteiger partial charge < -0.3 is 5.11 Å². The van der Waals surface area contributed by atoms with E-state index in [0.717, 1.165) is 16.8 Å². The van der Waals surface area contributed by atoms with E-state index in [1.807, 2.05) is 38.1 Å². The minimum absolute atomic E-state index is 0.0707. The quantitative estimate of drug-likeness (QED) is 0.810. The number of benzene rings is 1. The molecule has 0 bridgehead atoms. The number of carbonyl (C=O) groups is 1. The molecule has 1 aromatic carbocycles. The molecule has 0 amide bonds. The van der Waals surface area contributed by atoms with Gasteiger partial charge in [-0.15, -0.1) is 0 Å². The summed E-state index contributed by atoms with van der Waals surface area (Å²) in [7, 11) is 0. The SMILES string of the molecule is Cc1ccc(-c2c(C(=O)O)n[nH]c2C)cc1. The second kappa shape index (κ2) is 3.81. The minimum atomic E-state index is -1.01. The van der Waals surface area contributed by atoms with Crippen molar-refractivity contribution < 1.29 is 9.90 Å². The molecule has 0 saturated carbocycles. The molecule has 2 aromatic rings. The molecule has 1 aromatic heterocycles. The average Bonchev–Trinajstić information content (AvgIpc) is 2.62. The highest BCUT2D eigenvalue weighted by Gasteiger charge is 2.17. The van der Waals surface area contributed by atoms with Gasteiger partial charge in [0.2, 0.25) is 0 Å². The van der Waals surface area contributed by atoms with E-state index in [0.29, 0.717) is 5.56 Å². The molecule has 0 unspecified atom stereocenters. The summed E-state index contributed by atoms with van der Waals surface area (Å²) in [6, 6.07) is 7.71. The summed E-state index contributed by atoms with van der Waals surface area (Å²) in [4.78, 5) is 11.0. The molecule has 0 aliphatic carbocycles. The fourth-order valence-electron chi connectivity index (χ4n) is 1.66. The van der Waals surface area contributed by atoms with Crippen LogP contribution < -0.4 is 0 Å².